The molecule has 1 atom stereocenters. The molecule has 120 valence electrons. The molecule has 2 aliphatic heterocycles. The van der Waals surface area contributed by atoms with E-state index in [0.29, 0.717) is 12.5 Å². The van der Waals surface area contributed by atoms with Crippen LogP contribution in [0, 0.1) is 0 Å². The zero-order valence-corrected chi connectivity index (χ0v) is 13.2. The summed E-state index contributed by atoms with van der Waals surface area (Å²) in [4.78, 5) is 14.2. The Labute approximate surface area is 132 Å². The maximum absolute atomic E-state index is 12.2. The summed E-state index contributed by atoms with van der Waals surface area (Å²) in [5, 5.41) is 3.04. The van der Waals surface area contributed by atoms with Crippen molar-refractivity contribution in [2.45, 2.75) is 44.1 Å². The third-order valence-corrected chi connectivity index (χ3v) is 4.81. The molecule has 22 heavy (non-hydrogen) atoms. The molecule has 2 saturated heterocycles. The molecule has 0 aromatic heterocycles. The number of urea groups is 1. The predicted molar refractivity (Wildman–Crippen MR) is 87.0 cm³/mol. The van der Waals surface area contributed by atoms with Gasteiger partial charge in [-0.3, -0.25) is 0 Å². The second kappa shape index (κ2) is 7.63. The zero-order valence-electron chi connectivity index (χ0n) is 13.2. The van der Waals surface area contributed by atoms with Crippen LogP contribution in [0.15, 0.2) is 30.3 Å². The van der Waals surface area contributed by atoms with Gasteiger partial charge in [0, 0.05) is 26.2 Å². The van der Waals surface area contributed by atoms with Crippen LogP contribution in [-0.4, -0.2) is 43.3 Å². The molecule has 1 N–H and O–H groups in total. The number of likely N-dealkylation sites (tertiary alicyclic amines) is 1. The number of carbonyl (C=O) groups excluding carboxylic acids is 1. The van der Waals surface area contributed by atoms with Crippen molar-refractivity contribution < 1.29 is 9.53 Å². The first-order valence-electron chi connectivity index (χ1n) is 8.52. The number of amides is 2. The van der Waals surface area contributed by atoms with Gasteiger partial charge >= 0.3 is 6.03 Å². The van der Waals surface area contributed by atoms with Crippen molar-refractivity contribution in [3.63, 3.8) is 0 Å². The first kappa shape index (κ1) is 15.3. The Morgan fingerprint density at radius 3 is 2.59 bits per heavy atom. The highest BCUT2D eigenvalue weighted by molar-refractivity contribution is 5.74. The smallest absolute Gasteiger partial charge is 0.317 e. The summed E-state index contributed by atoms with van der Waals surface area (Å²) in [6.07, 6.45) is 5.74. The minimum Gasteiger partial charge on any atom is -0.376 e. The maximum Gasteiger partial charge on any atom is 0.317 e. The molecule has 0 radical (unpaired) electrons. The number of ether oxygens (including phenoxy) is 1. The summed E-state index contributed by atoms with van der Waals surface area (Å²) in [6.45, 7) is 3.17. The molecule has 0 bridgehead atoms. The van der Waals surface area contributed by atoms with Gasteiger partial charge < -0.3 is 15.0 Å². The molecule has 3 rings (SSSR count). The van der Waals surface area contributed by atoms with Crippen LogP contribution >= 0.6 is 0 Å². The fraction of sp³-hybridized carbons (Fsp3) is 0.611. The van der Waals surface area contributed by atoms with Crippen LogP contribution in [0.1, 0.15) is 43.6 Å². The van der Waals surface area contributed by atoms with Crippen molar-refractivity contribution in [2.75, 3.05) is 26.2 Å². The second-order valence-electron chi connectivity index (χ2n) is 6.35. The Balaban J connectivity index is 1.41. The van der Waals surface area contributed by atoms with Crippen LogP contribution in [0.25, 0.3) is 0 Å². The van der Waals surface area contributed by atoms with Crippen LogP contribution in [0.2, 0.25) is 0 Å². The van der Waals surface area contributed by atoms with Crippen LogP contribution in [0.3, 0.4) is 0 Å². The highest BCUT2D eigenvalue weighted by Crippen LogP contribution is 2.27. The molecule has 0 spiro atoms. The lowest BCUT2D eigenvalue weighted by molar-refractivity contribution is 0.0176. The van der Waals surface area contributed by atoms with E-state index in [2.05, 4.69) is 35.6 Å². The van der Waals surface area contributed by atoms with Crippen molar-refractivity contribution in [1.29, 1.82) is 0 Å². The van der Waals surface area contributed by atoms with E-state index in [9.17, 15) is 4.79 Å². The normalized spacial score (nSPS) is 23.3. The van der Waals surface area contributed by atoms with Crippen LogP contribution < -0.4 is 5.32 Å². The van der Waals surface area contributed by atoms with E-state index in [1.165, 1.54) is 12.0 Å². The number of nitrogens with zero attached hydrogens (tertiary/aromatic N) is 1. The monoisotopic (exact) mass is 302 g/mol. The molecule has 2 heterocycles. The number of hydrogen-bond donors (Lipinski definition) is 1. The number of benzene rings is 1. The minimum absolute atomic E-state index is 0.0701. The lowest BCUT2D eigenvalue weighted by atomic mass is 9.90. The summed E-state index contributed by atoms with van der Waals surface area (Å²) in [5.74, 6) is 0.590. The van der Waals surface area contributed by atoms with Crippen molar-refractivity contribution in [3.05, 3.63) is 35.9 Å². The highest BCUT2D eigenvalue weighted by atomic mass is 16.5. The average Bonchev–Trinajstić information content (AvgIpc) is 2.61. The average molecular weight is 302 g/mol. The van der Waals surface area contributed by atoms with Crippen molar-refractivity contribution in [3.8, 4) is 0 Å². The molecule has 2 fully saturated rings. The fourth-order valence-electron chi connectivity index (χ4n) is 3.42. The molecule has 1 aromatic rings. The van der Waals surface area contributed by atoms with E-state index in [0.717, 1.165) is 45.4 Å². The standard InChI is InChI=1S/C18H26N2O2/c21-18(19-14-17-8-4-5-13-22-17)20-11-9-16(10-12-20)15-6-2-1-3-7-15/h1-3,6-7,16-17H,4-5,8-14H2,(H,19,21). The van der Waals surface area contributed by atoms with E-state index in [1.54, 1.807) is 0 Å². The SMILES string of the molecule is O=C(NCC1CCCCO1)N1CCC(c2ccccc2)CC1. The third-order valence-electron chi connectivity index (χ3n) is 4.81. The number of nitrogens with one attached hydrogen (secondary N) is 1. The van der Waals surface area contributed by atoms with Crippen LogP contribution in [-0.2, 0) is 4.74 Å². The summed E-state index contributed by atoms with van der Waals surface area (Å²) < 4.78 is 5.66. The summed E-state index contributed by atoms with van der Waals surface area (Å²) in [7, 11) is 0. The number of piperidine rings is 1. The number of hydrogen-bond acceptors (Lipinski definition) is 2. The summed E-state index contributed by atoms with van der Waals surface area (Å²) in [5.41, 5.74) is 1.40. The van der Waals surface area contributed by atoms with E-state index < -0.39 is 0 Å². The topological polar surface area (TPSA) is 41.6 Å². The van der Waals surface area contributed by atoms with Gasteiger partial charge in [-0.2, -0.15) is 0 Å². The van der Waals surface area contributed by atoms with E-state index in [1.807, 2.05) is 4.90 Å². The molecule has 1 aromatic carbocycles. The first-order valence-corrected chi connectivity index (χ1v) is 8.52. The van der Waals surface area contributed by atoms with Crippen molar-refractivity contribution >= 4 is 6.03 Å². The Hall–Kier alpha value is -1.55. The van der Waals surface area contributed by atoms with Gasteiger partial charge in [-0.05, 0) is 43.6 Å². The Morgan fingerprint density at radius 1 is 1.14 bits per heavy atom. The highest BCUT2D eigenvalue weighted by Gasteiger charge is 2.24. The van der Waals surface area contributed by atoms with Gasteiger partial charge in [-0.15, -0.1) is 0 Å². The largest absolute Gasteiger partial charge is 0.376 e. The van der Waals surface area contributed by atoms with Crippen LogP contribution in [0.5, 0.6) is 0 Å². The molecular formula is C18H26N2O2. The van der Waals surface area contributed by atoms with Gasteiger partial charge in [0.05, 0.1) is 6.10 Å². The molecular weight excluding hydrogens is 276 g/mol. The second-order valence-corrected chi connectivity index (χ2v) is 6.35. The molecule has 2 amide bonds. The molecule has 4 heteroatoms. The Bertz CT molecular complexity index is 463. The lowest BCUT2D eigenvalue weighted by Crippen LogP contribution is -2.46. The van der Waals surface area contributed by atoms with Gasteiger partial charge in [0.2, 0.25) is 0 Å². The third kappa shape index (κ3) is 4.01. The van der Waals surface area contributed by atoms with Gasteiger partial charge in [0.25, 0.3) is 0 Å². The minimum atomic E-state index is 0.0701. The summed E-state index contributed by atoms with van der Waals surface area (Å²) >= 11 is 0. The summed E-state index contributed by atoms with van der Waals surface area (Å²) in [6, 6.07) is 10.7. The molecule has 0 saturated carbocycles. The predicted octanol–water partition coefficient (Wildman–Crippen LogP) is 3.14. The molecule has 1 unspecified atom stereocenters. The maximum atomic E-state index is 12.2. The molecule has 2 aliphatic rings. The first-order chi connectivity index (χ1) is 10.8. The zero-order chi connectivity index (χ0) is 15.2. The van der Waals surface area contributed by atoms with E-state index >= 15 is 0 Å². The Kier molecular flexibility index (Phi) is 5.33. The van der Waals surface area contributed by atoms with Crippen molar-refractivity contribution in [2.24, 2.45) is 0 Å². The quantitative estimate of drug-likeness (QED) is 0.932. The van der Waals surface area contributed by atoms with Crippen LogP contribution in [0.4, 0.5) is 4.79 Å². The van der Waals surface area contributed by atoms with E-state index in [4.69, 9.17) is 4.74 Å². The lowest BCUT2D eigenvalue weighted by Gasteiger charge is -2.33. The number of carbonyl (C=O) groups is 1. The fourth-order valence-corrected chi connectivity index (χ4v) is 3.42. The van der Waals surface area contributed by atoms with Gasteiger partial charge in [0.1, 0.15) is 0 Å². The van der Waals surface area contributed by atoms with Gasteiger partial charge in [0.15, 0.2) is 0 Å². The molecule has 4 nitrogen and oxygen atoms in total. The van der Waals surface area contributed by atoms with Gasteiger partial charge in [-0.25, -0.2) is 4.79 Å². The molecule has 0 aliphatic carbocycles. The Morgan fingerprint density at radius 2 is 1.91 bits per heavy atom. The number of rotatable bonds is 3. The van der Waals surface area contributed by atoms with Gasteiger partial charge in [-0.1, -0.05) is 30.3 Å². The van der Waals surface area contributed by atoms with Crippen molar-refractivity contribution in [1.82, 2.24) is 10.2 Å². The van der Waals surface area contributed by atoms with E-state index in [-0.39, 0.29) is 12.1 Å².